The first kappa shape index (κ1) is 27.7. The molecule has 0 bridgehead atoms. The molecule has 172 valence electrons. The van der Waals surface area contributed by atoms with Crippen molar-refractivity contribution in [2.24, 2.45) is 5.73 Å². The SMILES string of the molecule is CCCCCCCCCCCCCCCCCCNC(=O)C(COC(N)=O)NC. The molecule has 0 radical (unpaired) electrons. The smallest absolute Gasteiger partial charge is 0.404 e. The molecule has 29 heavy (non-hydrogen) atoms. The molecule has 0 heterocycles. The number of hydrogen-bond donors (Lipinski definition) is 3. The van der Waals surface area contributed by atoms with E-state index in [2.05, 4.69) is 22.3 Å². The number of rotatable bonds is 21. The largest absolute Gasteiger partial charge is 0.447 e. The number of amides is 2. The van der Waals surface area contributed by atoms with E-state index in [9.17, 15) is 9.59 Å². The molecular weight excluding hydrogens is 366 g/mol. The minimum Gasteiger partial charge on any atom is -0.447 e. The van der Waals surface area contributed by atoms with Crippen LogP contribution in [0.5, 0.6) is 0 Å². The second-order valence-electron chi connectivity index (χ2n) is 8.07. The Balaban J connectivity index is 3.30. The average Bonchev–Trinajstić information content (AvgIpc) is 2.70. The maximum absolute atomic E-state index is 11.9. The van der Waals surface area contributed by atoms with Crippen LogP contribution in [0.25, 0.3) is 0 Å². The van der Waals surface area contributed by atoms with E-state index in [1.165, 1.54) is 89.9 Å². The summed E-state index contributed by atoms with van der Waals surface area (Å²) in [6, 6.07) is -0.552. The molecule has 1 atom stereocenters. The average molecular weight is 414 g/mol. The van der Waals surface area contributed by atoms with Crippen molar-refractivity contribution < 1.29 is 14.3 Å². The van der Waals surface area contributed by atoms with Crippen molar-refractivity contribution >= 4 is 12.0 Å². The van der Waals surface area contributed by atoms with Crippen LogP contribution in [0.3, 0.4) is 0 Å². The highest BCUT2D eigenvalue weighted by Gasteiger charge is 2.17. The van der Waals surface area contributed by atoms with Crippen molar-refractivity contribution in [1.29, 1.82) is 0 Å². The number of hydrogen-bond acceptors (Lipinski definition) is 4. The molecule has 0 aliphatic rings. The van der Waals surface area contributed by atoms with Gasteiger partial charge in [-0.3, -0.25) is 4.79 Å². The van der Waals surface area contributed by atoms with E-state index in [1.54, 1.807) is 7.05 Å². The van der Waals surface area contributed by atoms with E-state index in [-0.39, 0.29) is 12.5 Å². The molecule has 0 saturated carbocycles. The predicted octanol–water partition coefficient (Wildman–Crippen LogP) is 5.05. The van der Waals surface area contributed by atoms with Gasteiger partial charge in [0.1, 0.15) is 12.6 Å². The van der Waals surface area contributed by atoms with Gasteiger partial charge in [-0.1, -0.05) is 103 Å². The normalized spacial score (nSPS) is 11.9. The quantitative estimate of drug-likeness (QED) is 0.230. The van der Waals surface area contributed by atoms with Crippen LogP contribution >= 0.6 is 0 Å². The van der Waals surface area contributed by atoms with Gasteiger partial charge >= 0.3 is 6.09 Å². The molecule has 4 N–H and O–H groups in total. The van der Waals surface area contributed by atoms with Gasteiger partial charge in [0.15, 0.2) is 0 Å². The van der Waals surface area contributed by atoms with Gasteiger partial charge in [-0.05, 0) is 13.5 Å². The van der Waals surface area contributed by atoms with Crippen molar-refractivity contribution in [3.8, 4) is 0 Å². The van der Waals surface area contributed by atoms with E-state index in [4.69, 9.17) is 5.73 Å². The number of unbranched alkanes of at least 4 members (excludes halogenated alkanes) is 15. The minimum absolute atomic E-state index is 0.0450. The molecule has 0 aliphatic carbocycles. The van der Waals surface area contributed by atoms with E-state index < -0.39 is 12.1 Å². The first-order chi connectivity index (χ1) is 14.1. The van der Waals surface area contributed by atoms with Crippen LogP contribution in [0.1, 0.15) is 110 Å². The van der Waals surface area contributed by atoms with Gasteiger partial charge < -0.3 is 21.1 Å². The number of nitrogens with two attached hydrogens (primary N) is 1. The number of ether oxygens (including phenoxy) is 1. The van der Waals surface area contributed by atoms with Crippen molar-refractivity contribution in [2.75, 3.05) is 20.2 Å². The van der Waals surface area contributed by atoms with Crippen LogP contribution < -0.4 is 16.4 Å². The summed E-state index contributed by atoms with van der Waals surface area (Å²) in [6.45, 7) is 2.89. The maximum Gasteiger partial charge on any atom is 0.404 e. The first-order valence-corrected chi connectivity index (χ1v) is 12.0. The third kappa shape index (κ3) is 19.8. The van der Waals surface area contributed by atoms with Crippen LogP contribution in [0, 0.1) is 0 Å². The lowest BCUT2D eigenvalue weighted by molar-refractivity contribution is -0.123. The van der Waals surface area contributed by atoms with Crippen molar-refractivity contribution in [3.05, 3.63) is 0 Å². The van der Waals surface area contributed by atoms with E-state index in [0.29, 0.717) is 6.54 Å². The van der Waals surface area contributed by atoms with E-state index in [1.807, 2.05) is 0 Å². The molecule has 0 aromatic heterocycles. The van der Waals surface area contributed by atoms with Gasteiger partial charge in [-0.25, -0.2) is 4.79 Å². The maximum atomic E-state index is 11.9. The summed E-state index contributed by atoms with van der Waals surface area (Å²) in [5.41, 5.74) is 4.92. The molecule has 6 heteroatoms. The highest BCUT2D eigenvalue weighted by atomic mass is 16.5. The zero-order valence-electron chi connectivity index (χ0n) is 19.1. The van der Waals surface area contributed by atoms with Crippen LogP contribution in [-0.4, -0.2) is 38.2 Å². The molecule has 1 unspecified atom stereocenters. The number of carbonyl (C=O) groups is 2. The third-order valence-corrected chi connectivity index (χ3v) is 5.39. The summed E-state index contributed by atoms with van der Waals surface area (Å²) in [5, 5.41) is 5.69. The summed E-state index contributed by atoms with van der Waals surface area (Å²) in [7, 11) is 1.66. The molecule has 2 amide bonds. The molecule has 0 rings (SSSR count). The summed E-state index contributed by atoms with van der Waals surface area (Å²) < 4.78 is 4.67. The van der Waals surface area contributed by atoms with Gasteiger partial charge in [0.05, 0.1) is 0 Å². The Bertz CT molecular complexity index is 392. The molecule has 0 aromatic carbocycles. The van der Waals surface area contributed by atoms with Crippen LogP contribution in [0.2, 0.25) is 0 Å². The fourth-order valence-electron chi connectivity index (χ4n) is 3.46. The Hall–Kier alpha value is -1.30. The molecule has 6 nitrogen and oxygen atoms in total. The second-order valence-corrected chi connectivity index (χ2v) is 8.07. The fraction of sp³-hybridized carbons (Fsp3) is 0.913. The number of carbonyl (C=O) groups excluding carboxylic acids is 2. The Labute approximate surface area is 179 Å². The number of primary amides is 1. The van der Waals surface area contributed by atoms with Crippen LogP contribution in [-0.2, 0) is 9.53 Å². The molecule has 0 spiro atoms. The minimum atomic E-state index is -0.865. The first-order valence-electron chi connectivity index (χ1n) is 12.0. The zero-order chi connectivity index (χ0) is 21.6. The second kappa shape index (κ2) is 21.4. The lowest BCUT2D eigenvalue weighted by Gasteiger charge is -2.15. The van der Waals surface area contributed by atoms with Crippen molar-refractivity contribution in [2.45, 2.75) is 116 Å². The van der Waals surface area contributed by atoms with Gasteiger partial charge in [-0.15, -0.1) is 0 Å². The van der Waals surface area contributed by atoms with Crippen molar-refractivity contribution in [1.82, 2.24) is 10.6 Å². The van der Waals surface area contributed by atoms with Gasteiger partial charge in [0, 0.05) is 6.54 Å². The van der Waals surface area contributed by atoms with Crippen LogP contribution in [0.4, 0.5) is 4.79 Å². The predicted molar refractivity (Wildman–Crippen MR) is 121 cm³/mol. The summed E-state index contributed by atoms with van der Waals surface area (Å²) in [5.74, 6) is -0.158. The van der Waals surface area contributed by atoms with Gasteiger partial charge in [0.2, 0.25) is 5.91 Å². The fourth-order valence-corrected chi connectivity index (χ4v) is 3.46. The Kier molecular flexibility index (Phi) is 20.5. The summed E-state index contributed by atoms with van der Waals surface area (Å²) >= 11 is 0. The topological polar surface area (TPSA) is 93.4 Å². The molecular formula is C23H47N3O3. The molecule has 0 saturated heterocycles. The molecule has 0 fully saturated rings. The van der Waals surface area contributed by atoms with Crippen LogP contribution in [0.15, 0.2) is 0 Å². The summed E-state index contributed by atoms with van der Waals surface area (Å²) in [6.07, 6.45) is 20.5. The van der Waals surface area contributed by atoms with E-state index >= 15 is 0 Å². The van der Waals surface area contributed by atoms with Gasteiger partial charge in [-0.2, -0.15) is 0 Å². The standard InChI is InChI=1S/C23H47N3O3/c1-3-4-5-6-7-8-9-10-11-12-13-14-15-16-17-18-19-26-22(27)21(25-2)20-29-23(24)28/h21,25H,3-20H2,1-2H3,(H2,24,28)(H,26,27). The van der Waals surface area contributed by atoms with Gasteiger partial charge in [0.25, 0.3) is 0 Å². The summed E-state index contributed by atoms with van der Waals surface area (Å²) in [4.78, 5) is 22.6. The third-order valence-electron chi connectivity index (χ3n) is 5.39. The Morgan fingerprint density at radius 1 is 0.759 bits per heavy atom. The van der Waals surface area contributed by atoms with Crippen molar-refractivity contribution in [3.63, 3.8) is 0 Å². The number of likely N-dealkylation sites (N-methyl/N-ethyl adjacent to an activating group) is 1. The molecule has 0 aliphatic heterocycles. The highest BCUT2D eigenvalue weighted by Crippen LogP contribution is 2.13. The molecule has 0 aromatic rings. The lowest BCUT2D eigenvalue weighted by atomic mass is 10.0. The van der Waals surface area contributed by atoms with E-state index in [0.717, 1.165) is 12.8 Å². The monoisotopic (exact) mass is 413 g/mol. The zero-order valence-corrected chi connectivity index (χ0v) is 19.1. The number of nitrogens with one attached hydrogen (secondary N) is 2. The Morgan fingerprint density at radius 3 is 1.55 bits per heavy atom. The highest BCUT2D eigenvalue weighted by molar-refractivity contribution is 5.82. The Morgan fingerprint density at radius 2 is 1.17 bits per heavy atom. The lowest BCUT2D eigenvalue weighted by Crippen LogP contribution is -2.46.